The average molecular weight is 427 g/mol. The Bertz CT molecular complexity index is 1130. The van der Waals surface area contributed by atoms with Crippen LogP contribution in [0.3, 0.4) is 0 Å². The summed E-state index contributed by atoms with van der Waals surface area (Å²) < 4.78 is 0. The molecule has 2 heterocycles. The maximum atomic E-state index is 4.95. The first-order chi connectivity index (χ1) is 14.8. The molecule has 5 heteroatoms. The molecule has 158 valence electrons. The molecule has 3 aromatic rings. The van der Waals surface area contributed by atoms with E-state index in [-0.39, 0.29) is 0 Å². The molecule has 4 nitrogen and oxygen atoms in total. The monoisotopic (exact) mass is 426 g/mol. The van der Waals surface area contributed by atoms with Gasteiger partial charge >= 0.3 is 0 Å². The Morgan fingerprint density at radius 1 is 1.06 bits per heavy atom. The minimum Gasteiger partial charge on any atom is -0.363 e. The highest BCUT2D eigenvalue weighted by Crippen LogP contribution is 2.33. The van der Waals surface area contributed by atoms with Crippen molar-refractivity contribution in [1.82, 2.24) is 9.97 Å². The van der Waals surface area contributed by atoms with Crippen LogP contribution in [0.1, 0.15) is 36.5 Å². The van der Waals surface area contributed by atoms with Crippen molar-refractivity contribution < 1.29 is 0 Å². The fraction of sp³-hybridized carbons (Fsp3) is 0.308. The van der Waals surface area contributed by atoms with E-state index in [4.69, 9.17) is 4.98 Å². The lowest BCUT2D eigenvalue weighted by atomic mass is 9.97. The first-order valence-corrected chi connectivity index (χ1v) is 14.4. The molecular weight excluding hydrogens is 396 g/mol. The highest BCUT2D eigenvalue weighted by molar-refractivity contribution is 6.83. The van der Waals surface area contributed by atoms with Gasteiger partial charge in [-0.1, -0.05) is 75.8 Å². The fourth-order valence-electron chi connectivity index (χ4n) is 3.63. The molecule has 0 aliphatic carbocycles. The van der Waals surface area contributed by atoms with Crippen molar-refractivity contribution in [1.29, 1.82) is 0 Å². The number of hydrogen-bond donors (Lipinski definition) is 1. The molecule has 4 rings (SSSR count). The van der Waals surface area contributed by atoms with Gasteiger partial charge in [-0.05, 0) is 29.2 Å². The molecule has 0 atom stereocenters. The van der Waals surface area contributed by atoms with Gasteiger partial charge in [0.25, 0.3) is 0 Å². The van der Waals surface area contributed by atoms with E-state index in [1.807, 2.05) is 6.20 Å². The van der Waals surface area contributed by atoms with Crippen molar-refractivity contribution in [3.05, 3.63) is 71.4 Å². The number of aromatic nitrogens is 2. The van der Waals surface area contributed by atoms with Gasteiger partial charge in [-0.2, -0.15) is 0 Å². The minimum atomic E-state index is -1.36. The third kappa shape index (κ3) is 4.97. The second-order valence-electron chi connectivity index (χ2n) is 9.40. The number of fused-ring (bicyclic) bond motifs is 1. The molecule has 1 aromatic heterocycles. The number of nitrogens with zero attached hydrogens (tertiary/aromatic N) is 3. The molecule has 0 unspecified atom stereocenters. The molecular formula is C26H30N4Si. The maximum Gasteiger partial charge on any atom is 0.161 e. The number of anilines is 2. The van der Waals surface area contributed by atoms with E-state index in [0.29, 0.717) is 5.92 Å². The first kappa shape index (κ1) is 21.1. The summed E-state index contributed by atoms with van der Waals surface area (Å²) in [4.78, 5) is 11.9. The number of nitrogens with one attached hydrogen (secondary N) is 1. The van der Waals surface area contributed by atoms with E-state index >= 15 is 0 Å². The van der Waals surface area contributed by atoms with Crippen LogP contribution >= 0.6 is 0 Å². The van der Waals surface area contributed by atoms with E-state index < -0.39 is 8.07 Å². The molecule has 0 saturated carbocycles. The number of benzene rings is 2. The summed E-state index contributed by atoms with van der Waals surface area (Å²) in [5.74, 6) is 5.50. The molecule has 0 fully saturated rings. The van der Waals surface area contributed by atoms with Crippen LogP contribution < -0.4 is 10.2 Å². The standard InChI is InChI=1S/C26H30N4Si/c1-19(2)22-8-6-7-9-23(22)25-27-16-24-26(29-25)30(18-28-24)17-21-12-10-20(11-13-21)14-15-31(3,4)5/h6-13,16,19,28H,17-18H2,1-5H3. The summed E-state index contributed by atoms with van der Waals surface area (Å²) in [6, 6.07) is 17.0. The van der Waals surface area contributed by atoms with Gasteiger partial charge in [0.2, 0.25) is 0 Å². The molecule has 0 saturated heterocycles. The Morgan fingerprint density at radius 2 is 1.81 bits per heavy atom. The lowest BCUT2D eigenvalue weighted by Gasteiger charge is -2.18. The summed E-state index contributed by atoms with van der Waals surface area (Å²) in [5.41, 5.74) is 9.13. The van der Waals surface area contributed by atoms with Gasteiger partial charge in [-0.3, -0.25) is 0 Å². The highest BCUT2D eigenvalue weighted by Gasteiger charge is 2.22. The van der Waals surface area contributed by atoms with Crippen LogP contribution in [-0.4, -0.2) is 24.7 Å². The van der Waals surface area contributed by atoms with E-state index in [9.17, 15) is 0 Å². The Hall–Kier alpha value is -3.10. The Balaban J connectivity index is 1.56. The topological polar surface area (TPSA) is 41.1 Å². The molecule has 0 radical (unpaired) electrons. The minimum absolute atomic E-state index is 0.421. The second-order valence-corrected chi connectivity index (χ2v) is 14.2. The van der Waals surface area contributed by atoms with Crippen LogP contribution in [0.4, 0.5) is 11.5 Å². The van der Waals surface area contributed by atoms with Crippen molar-refractivity contribution in [3.8, 4) is 22.9 Å². The van der Waals surface area contributed by atoms with Gasteiger partial charge in [0, 0.05) is 17.7 Å². The predicted octanol–water partition coefficient (Wildman–Crippen LogP) is 5.89. The third-order valence-corrected chi connectivity index (χ3v) is 6.14. The third-order valence-electron chi connectivity index (χ3n) is 5.26. The highest BCUT2D eigenvalue weighted by atomic mass is 28.3. The van der Waals surface area contributed by atoms with Gasteiger partial charge in [0.1, 0.15) is 8.07 Å². The zero-order chi connectivity index (χ0) is 22.0. The summed E-state index contributed by atoms with van der Waals surface area (Å²) >= 11 is 0. The van der Waals surface area contributed by atoms with Crippen LogP contribution in [0, 0.1) is 11.5 Å². The van der Waals surface area contributed by atoms with E-state index in [1.165, 1.54) is 11.1 Å². The van der Waals surface area contributed by atoms with Crippen LogP contribution in [0.25, 0.3) is 11.4 Å². The SMILES string of the molecule is CC(C)c1ccccc1-c1ncc2c(n1)N(Cc1ccc(C#C[Si](C)(C)C)cc1)CN2. The quantitative estimate of drug-likeness (QED) is 0.417. The van der Waals surface area contributed by atoms with Gasteiger partial charge in [0.15, 0.2) is 11.6 Å². The Kier molecular flexibility index (Phi) is 5.84. The van der Waals surface area contributed by atoms with Crippen LogP contribution in [0.5, 0.6) is 0 Å². The van der Waals surface area contributed by atoms with Crippen molar-refractivity contribution in [2.45, 2.75) is 46.0 Å². The number of rotatable bonds is 4. The lowest BCUT2D eigenvalue weighted by molar-refractivity contribution is 0.852. The molecule has 0 bridgehead atoms. The van der Waals surface area contributed by atoms with Crippen molar-refractivity contribution in [2.24, 2.45) is 0 Å². The smallest absolute Gasteiger partial charge is 0.161 e. The van der Waals surface area contributed by atoms with Crippen molar-refractivity contribution in [2.75, 3.05) is 16.9 Å². The summed E-state index contributed by atoms with van der Waals surface area (Å²) in [5, 5.41) is 3.42. The van der Waals surface area contributed by atoms with Crippen LogP contribution in [0.2, 0.25) is 19.6 Å². The zero-order valence-electron chi connectivity index (χ0n) is 19.0. The Morgan fingerprint density at radius 3 is 2.52 bits per heavy atom. The predicted molar refractivity (Wildman–Crippen MR) is 133 cm³/mol. The second kappa shape index (κ2) is 8.56. The van der Waals surface area contributed by atoms with Gasteiger partial charge in [-0.25, -0.2) is 9.97 Å². The molecule has 0 spiro atoms. The molecule has 1 aliphatic heterocycles. The van der Waals surface area contributed by atoms with Crippen LogP contribution in [0.15, 0.2) is 54.7 Å². The van der Waals surface area contributed by atoms with Gasteiger partial charge < -0.3 is 10.2 Å². The lowest BCUT2D eigenvalue weighted by Crippen LogP contribution is -2.22. The molecule has 1 aliphatic rings. The first-order valence-electron chi connectivity index (χ1n) is 10.9. The molecule has 1 N–H and O–H groups in total. The summed E-state index contributed by atoms with van der Waals surface area (Å²) in [6.07, 6.45) is 1.91. The summed E-state index contributed by atoms with van der Waals surface area (Å²) in [7, 11) is -1.36. The summed E-state index contributed by atoms with van der Waals surface area (Å²) in [6.45, 7) is 12.7. The molecule has 31 heavy (non-hydrogen) atoms. The van der Waals surface area contributed by atoms with E-state index in [1.54, 1.807) is 0 Å². The van der Waals surface area contributed by atoms with Gasteiger partial charge in [-0.15, -0.1) is 5.54 Å². The van der Waals surface area contributed by atoms with Crippen molar-refractivity contribution in [3.63, 3.8) is 0 Å². The van der Waals surface area contributed by atoms with E-state index in [2.05, 4.69) is 109 Å². The van der Waals surface area contributed by atoms with E-state index in [0.717, 1.165) is 41.7 Å². The maximum absolute atomic E-state index is 4.95. The average Bonchev–Trinajstić information content (AvgIpc) is 3.14. The molecule has 2 aromatic carbocycles. The fourth-order valence-corrected chi connectivity index (χ4v) is 4.15. The Labute approximate surface area is 186 Å². The largest absolute Gasteiger partial charge is 0.363 e. The van der Waals surface area contributed by atoms with Crippen molar-refractivity contribution >= 4 is 19.6 Å². The number of hydrogen-bond acceptors (Lipinski definition) is 4. The molecule has 0 amide bonds. The normalized spacial score (nSPS) is 12.9. The van der Waals surface area contributed by atoms with Crippen LogP contribution in [-0.2, 0) is 6.54 Å². The van der Waals surface area contributed by atoms with Gasteiger partial charge in [0.05, 0.1) is 18.6 Å². The zero-order valence-corrected chi connectivity index (χ0v) is 20.0.